The fraction of sp³-hybridized carbons (Fsp3) is 0.182. The zero-order valence-electron chi connectivity index (χ0n) is 9.18. The SMILES string of the molecule is C#CCNC(=O)c1ccc(COF)c([N+](=O)[O-])c1. The number of hydrogen-bond donors (Lipinski definition) is 1. The van der Waals surface area contributed by atoms with E-state index >= 15 is 0 Å². The zero-order chi connectivity index (χ0) is 13.5. The minimum absolute atomic E-state index is 0.0158. The predicted molar refractivity (Wildman–Crippen MR) is 60.2 cm³/mol. The van der Waals surface area contributed by atoms with Gasteiger partial charge < -0.3 is 5.32 Å². The number of rotatable bonds is 5. The van der Waals surface area contributed by atoms with Crippen LogP contribution in [0.15, 0.2) is 18.2 Å². The second kappa shape index (κ2) is 6.32. The van der Waals surface area contributed by atoms with Gasteiger partial charge in [0.15, 0.2) is 0 Å². The topological polar surface area (TPSA) is 81.5 Å². The smallest absolute Gasteiger partial charge is 0.275 e. The van der Waals surface area contributed by atoms with E-state index in [0.29, 0.717) is 0 Å². The summed E-state index contributed by atoms with van der Waals surface area (Å²) in [7, 11) is 0. The lowest BCUT2D eigenvalue weighted by atomic mass is 10.1. The molecule has 0 fully saturated rings. The lowest BCUT2D eigenvalue weighted by Gasteiger charge is -2.04. The fourth-order valence-electron chi connectivity index (χ4n) is 1.29. The molecule has 0 heterocycles. The summed E-state index contributed by atoms with van der Waals surface area (Å²) in [5.41, 5.74) is -0.281. The average molecular weight is 252 g/mol. The number of nitro groups is 1. The van der Waals surface area contributed by atoms with Gasteiger partial charge in [-0.15, -0.1) is 6.42 Å². The number of carbonyl (C=O) groups excluding carboxylic acids is 1. The van der Waals surface area contributed by atoms with Gasteiger partial charge in [-0.05, 0) is 16.7 Å². The van der Waals surface area contributed by atoms with Crippen LogP contribution in [0.2, 0.25) is 0 Å². The predicted octanol–water partition coefficient (Wildman–Crippen LogP) is 1.36. The Balaban J connectivity index is 3.03. The molecule has 1 aromatic carbocycles. The molecule has 0 spiro atoms. The van der Waals surface area contributed by atoms with Gasteiger partial charge in [-0.3, -0.25) is 14.9 Å². The van der Waals surface area contributed by atoms with Crippen LogP contribution in [0.1, 0.15) is 15.9 Å². The van der Waals surface area contributed by atoms with Gasteiger partial charge in [0.2, 0.25) is 0 Å². The van der Waals surface area contributed by atoms with Gasteiger partial charge >= 0.3 is 0 Å². The molecule has 1 amide bonds. The normalized spacial score (nSPS) is 9.56. The summed E-state index contributed by atoms with van der Waals surface area (Å²) in [4.78, 5) is 24.9. The maximum atomic E-state index is 11.7. The van der Waals surface area contributed by atoms with E-state index in [9.17, 15) is 19.4 Å². The van der Waals surface area contributed by atoms with E-state index in [1.165, 1.54) is 12.1 Å². The summed E-state index contributed by atoms with van der Waals surface area (Å²) in [5.74, 6) is 1.66. The first kappa shape index (κ1) is 13.6. The Morgan fingerprint density at radius 1 is 1.61 bits per heavy atom. The molecule has 1 aromatic rings. The molecule has 0 unspecified atom stereocenters. The third kappa shape index (κ3) is 3.26. The molecule has 0 aliphatic heterocycles. The number of halogens is 1. The lowest BCUT2D eigenvalue weighted by molar-refractivity contribution is -0.386. The van der Waals surface area contributed by atoms with Crippen LogP contribution in [0.3, 0.4) is 0 Å². The number of nitrogens with zero attached hydrogens (tertiary/aromatic N) is 1. The Kier molecular flexibility index (Phi) is 4.78. The molecule has 0 saturated heterocycles. The maximum Gasteiger partial charge on any atom is 0.275 e. The summed E-state index contributed by atoms with van der Waals surface area (Å²) < 4.78 is 11.7. The van der Waals surface area contributed by atoms with Crippen LogP contribution in [0.5, 0.6) is 0 Å². The first-order chi connectivity index (χ1) is 8.60. The Bertz CT molecular complexity index is 510. The van der Waals surface area contributed by atoms with Crippen LogP contribution in [0.25, 0.3) is 0 Å². The second-order valence-corrected chi connectivity index (χ2v) is 3.24. The van der Waals surface area contributed by atoms with E-state index in [1.807, 2.05) is 0 Å². The monoisotopic (exact) mass is 252 g/mol. The maximum absolute atomic E-state index is 11.7. The highest BCUT2D eigenvalue weighted by Crippen LogP contribution is 2.21. The van der Waals surface area contributed by atoms with Crippen LogP contribution in [0, 0.1) is 22.5 Å². The minimum atomic E-state index is -0.716. The van der Waals surface area contributed by atoms with Gasteiger partial charge in [0.1, 0.15) is 6.61 Å². The highest BCUT2D eigenvalue weighted by Gasteiger charge is 2.17. The molecule has 1 N–H and O–H groups in total. The quantitative estimate of drug-likeness (QED) is 0.487. The first-order valence-electron chi connectivity index (χ1n) is 4.82. The van der Waals surface area contributed by atoms with Gasteiger partial charge in [-0.1, -0.05) is 5.92 Å². The Hall–Kier alpha value is -2.46. The summed E-state index contributed by atoms with van der Waals surface area (Å²) >= 11 is 0. The number of nitrogens with one attached hydrogen (secondary N) is 1. The molecule has 0 aliphatic rings. The number of nitro benzene ring substituents is 1. The molecule has 6 nitrogen and oxygen atoms in total. The summed E-state index contributed by atoms with van der Waals surface area (Å²) in [6.45, 7) is -0.537. The van der Waals surface area contributed by atoms with Crippen molar-refractivity contribution in [1.29, 1.82) is 0 Å². The van der Waals surface area contributed by atoms with Crippen LogP contribution in [0.4, 0.5) is 10.2 Å². The molecular weight excluding hydrogens is 243 g/mol. The van der Waals surface area contributed by atoms with Gasteiger partial charge in [-0.25, -0.2) is 0 Å². The molecule has 94 valence electrons. The molecular formula is C11H9FN2O4. The number of carbonyl (C=O) groups is 1. The van der Waals surface area contributed by atoms with Crippen molar-refractivity contribution >= 4 is 11.6 Å². The van der Waals surface area contributed by atoms with Crippen molar-refractivity contribution in [3.63, 3.8) is 0 Å². The second-order valence-electron chi connectivity index (χ2n) is 3.24. The molecule has 7 heteroatoms. The number of terminal acetylenes is 1. The van der Waals surface area contributed by atoms with Crippen molar-refractivity contribution in [3.8, 4) is 12.3 Å². The van der Waals surface area contributed by atoms with Crippen molar-refractivity contribution in [2.24, 2.45) is 0 Å². The number of hydrogen-bond acceptors (Lipinski definition) is 4. The van der Waals surface area contributed by atoms with Crippen LogP contribution >= 0.6 is 0 Å². The minimum Gasteiger partial charge on any atom is -0.341 e. The Morgan fingerprint density at radius 3 is 2.89 bits per heavy atom. The highest BCUT2D eigenvalue weighted by molar-refractivity contribution is 5.95. The highest BCUT2D eigenvalue weighted by atomic mass is 19.3. The molecule has 0 saturated carbocycles. The standard InChI is InChI=1S/C11H9FN2O4/c1-2-5-13-11(15)8-3-4-9(7-18-12)10(6-8)14(16)17/h1,3-4,6H,5,7H2,(H,13,15). The van der Waals surface area contributed by atoms with Crippen molar-refractivity contribution in [2.45, 2.75) is 6.61 Å². The van der Waals surface area contributed by atoms with E-state index < -0.39 is 17.4 Å². The van der Waals surface area contributed by atoms with Crippen LogP contribution in [-0.4, -0.2) is 17.4 Å². The fourth-order valence-corrected chi connectivity index (χ4v) is 1.29. The summed E-state index contributed by atoms with van der Waals surface area (Å²) in [5, 5.41) is 13.1. The molecule has 0 atom stereocenters. The van der Waals surface area contributed by atoms with Crippen molar-refractivity contribution in [1.82, 2.24) is 5.32 Å². The molecule has 18 heavy (non-hydrogen) atoms. The van der Waals surface area contributed by atoms with E-state index in [0.717, 1.165) is 6.07 Å². The van der Waals surface area contributed by atoms with Gasteiger partial charge in [0.05, 0.1) is 17.0 Å². The van der Waals surface area contributed by atoms with Gasteiger partial charge in [0, 0.05) is 11.6 Å². The van der Waals surface area contributed by atoms with Crippen molar-refractivity contribution < 1.29 is 19.2 Å². The van der Waals surface area contributed by atoms with Gasteiger partial charge in [0.25, 0.3) is 11.6 Å². The molecule has 1 rings (SSSR count). The number of amides is 1. The zero-order valence-corrected chi connectivity index (χ0v) is 9.18. The first-order valence-corrected chi connectivity index (χ1v) is 4.82. The third-order valence-corrected chi connectivity index (χ3v) is 2.11. The van der Waals surface area contributed by atoms with Crippen LogP contribution in [-0.2, 0) is 11.5 Å². The Morgan fingerprint density at radius 2 is 2.33 bits per heavy atom. The van der Waals surface area contributed by atoms with Crippen LogP contribution < -0.4 is 5.32 Å². The average Bonchev–Trinajstić information content (AvgIpc) is 2.36. The van der Waals surface area contributed by atoms with E-state index in [2.05, 4.69) is 16.2 Å². The molecule has 0 radical (unpaired) electrons. The summed E-state index contributed by atoms with van der Waals surface area (Å²) in [6, 6.07) is 3.62. The molecule has 0 aromatic heterocycles. The van der Waals surface area contributed by atoms with E-state index in [-0.39, 0.29) is 23.4 Å². The third-order valence-electron chi connectivity index (χ3n) is 2.11. The number of benzene rings is 1. The molecule has 0 bridgehead atoms. The van der Waals surface area contributed by atoms with Crippen molar-refractivity contribution in [2.75, 3.05) is 6.54 Å². The van der Waals surface area contributed by atoms with Gasteiger partial charge in [-0.2, -0.15) is 4.94 Å². The van der Waals surface area contributed by atoms with E-state index in [4.69, 9.17) is 6.42 Å². The van der Waals surface area contributed by atoms with E-state index in [1.54, 1.807) is 0 Å². The lowest BCUT2D eigenvalue weighted by Crippen LogP contribution is -2.23. The molecule has 0 aliphatic carbocycles. The summed E-state index contributed by atoms with van der Waals surface area (Å²) in [6.07, 6.45) is 4.97. The Labute approximate surface area is 102 Å². The largest absolute Gasteiger partial charge is 0.341 e. The van der Waals surface area contributed by atoms with Crippen molar-refractivity contribution in [3.05, 3.63) is 39.4 Å².